The molecule has 2 aromatic carbocycles. The molecule has 128 valence electrons. The minimum absolute atomic E-state index is 0.0250. The standard InChI is InChI=1S/C22H24N2O/c1-15(25)23-17-11-13-22-20(14-17)18-8-5-9-19(18)21(24-22)12-10-16-6-3-2-4-7-16/h2-8,11,13-14,18-19,21,24H,9-10,12H2,1H3,(H,23,25)/t18-,19+,21+/m0/s1. The molecular weight excluding hydrogens is 308 g/mol. The number of fused-ring (bicyclic) bond motifs is 3. The lowest BCUT2D eigenvalue weighted by Gasteiger charge is -2.37. The number of amides is 1. The van der Waals surface area contributed by atoms with E-state index in [1.165, 1.54) is 16.8 Å². The first kappa shape index (κ1) is 15.9. The second kappa shape index (κ2) is 6.75. The normalized spacial score (nSPS) is 23.5. The predicted octanol–water partition coefficient (Wildman–Crippen LogP) is 4.73. The van der Waals surface area contributed by atoms with E-state index in [1.807, 2.05) is 6.07 Å². The third-order valence-corrected chi connectivity index (χ3v) is 5.39. The Morgan fingerprint density at radius 2 is 2.04 bits per heavy atom. The number of aryl methyl sites for hydroxylation is 1. The molecule has 0 unspecified atom stereocenters. The highest BCUT2D eigenvalue weighted by Crippen LogP contribution is 2.46. The van der Waals surface area contributed by atoms with Crippen LogP contribution in [0.4, 0.5) is 11.4 Å². The third kappa shape index (κ3) is 3.32. The van der Waals surface area contributed by atoms with Crippen molar-refractivity contribution in [1.82, 2.24) is 0 Å². The van der Waals surface area contributed by atoms with Crippen molar-refractivity contribution in [2.24, 2.45) is 5.92 Å². The van der Waals surface area contributed by atoms with E-state index >= 15 is 0 Å². The van der Waals surface area contributed by atoms with Gasteiger partial charge in [-0.05, 0) is 54.5 Å². The molecule has 2 aromatic rings. The van der Waals surface area contributed by atoms with Crippen LogP contribution in [0.3, 0.4) is 0 Å². The van der Waals surface area contributed by atoms with Crippen LogP contribution >= 0.6 is 0 Å². The van der Waals surface area contributed by atoms with Crippen molar-refractivity contribution in [3.05, 3.63) is 71.8 Å². The predicted molar refractivity (Wildman–Crippen MR) is 103 cm³/mol. The van der Waals surface area contributed by atoms with Gasteiger partial charge in [0.05, 0.1) is 0 Å². The number of allylic oxidation sites excluding steroid dienone is 2. The second-order valence-electron chi connectivity index (χ2n) is 7.11. The molecule has 0 radical (unpaired) electrons. The highest BCUT2D eigenvalue weighted by atomic mass is 16.1. The van der Waals surface area contributed by atoms with E-state index in [-0.39, 0.29) is 5.91 Å². The van der Waals surface area contributed by atoms with E-state index in [1.54, 1.807) is 6.92 Å². The van der Waals surface area contributed by atoms with Gasteiger partial charge in [0, 0.05) is 30.3 Å². The van der Waals surface area contributed by atoms with Gasteiger partial charge in [-0.3, -0.25) is 4.79 Å². The Kier molecular flexibility index (Phi) is 4.31. The average molecular weight is 332 g/mol. The fraction of sp³-hybridized carbons (Fsp3) is 0.318. The first-order valence-electron chi connectivity index (χ1n) is 9.09. The summed E-state index contributed by atoms with van der Waals surface area (Å²) in [6.07, 6.45) is 8.02. The minimum Gasteiger partial charge on any atom is -0.382 e. The molecule has 0 saturated heterocycles. The van der Waals surface area contributed by atoms with Crippen LogP contribution in [0.5, 0.6) is 0 Å². The molecule has 1 aliphatic carbocycles. The second-order valence-corrected chi connectivity index (χ2v) is 7.11. The van der Waals surface area contributed by atoms with E-state index in [9.17, 15) is 4.79 Å². The van der Waals surface area contributed by atoms with Crippen LogP contribution in [0, 0.1) is 5.92 Å². The molecule has 0 aromatic heterocycles. The maximum atomic E-state index is 11.3. The van der Waals surface area contributed by atoms with E-state index in [0.29, 0.717) is 17.9 Å². The Hall–Kier alpha value is -2.55. The summed E-state index contributed by atoms with van der Waals surface area (Å²) < 4.78 is 0. The van der Waals surface area contributed by atoms with Crippen molar-refractivity contribution in [1.29, 1.82) is 0 Å². The summed E-state index contributed by atoms with van der Waals surface area (Å²) in [5, 5.41) is 6.67. The zero-order valence-corrected chi connectivity index (χ0v) is 14.5. The molecule has 3 nitrogen and oxygen atoms in total. The topological polar surface area (TPSA) is 41.1 Å². The van der Waals surface area contributed by atoms with E-state index < -0.39 is 0 Å². The average Bonchev–Trinajstić information content (AvgIpc) is 3.10. The van der Waals surface area contributed by atoms with Gasteiger partial charge in [0.2, 0.25) is 5.91 Å². The highest BCUT2D eigenvalue weighted by Gasteiger charge is 2.36. The largest absolute Gasteiger partial charge is 0.382 e. The van der Waals surface area contributed by atoms with Gasteiger partial charge < -0.3 is 10.6 Å². The molecule has 25 heavy (non-hydrogen) atoms. The van der Waals surface area contributed by atoms with E-state index in [4.69, 9.17) is 0 Å². The van der Waals surface area contributed by atoms with Crippen LogP contribution in [0.25, 0.3) is 0 Å². The van der Waals surface area contributed by atoms with Gasteiger partial charge in [0.15, 0.2) is 0 Å². The quantitative estimate of drug-likeness (QED) is 0.795. The Bertz CT molecular complexity index is 797. The van der Waals surface area contributed by atoms with Crippen molar-refractivity contribution < 1.29 is 4.79 Å². The summed E-state index contributed by atoms with van der Waals surface area (Å²) in [4.78, 5) is 11.3. The maximum absolute atomic E-state index is 11.3. The Labute approximate surface area is 149 Å². The number of rotatable bonds is 4. The molecule has 0 saturated carbocycles. The first-order valence-corrected chi connectivity index (χ1v) is 9.09. The van der Waals surface area contributed by atoms with Crippen molar-refractivity contribution in [3.63, 3.8) is 0 Å². The van der Waals surface area contributed by atoms with Gasteiger partial charge >= 0.3 is 0 Å². The Morgan fingerprint density at radius 3 is 2.84 bits per heavy atom. The number of anilines is 2. The van der Waals surface area contributed by atoms with E-state index in [0.717, 1.165) is 24.9 Å². The molecule has 1 amide bonds. The SMILES string of the molecule is CC(=O)Nc1ccc2c(c1)[C@H]1C=CC[C@H]1[C@@H](CCc1ccccc1)N2. The van der Waals surface area contributed by atoms with Crippen molar-refractivity contribution >= 4 is 17.3 Å². The number of hydrogen-bond acceptors (Lipinski definition) is 2. The molecular formula is C22H24N2O. The van der Waals surface area contributed by atoms with Gasteiger partial charge in [0.1, 0.15) is 0 Å². The number of carbonyl (C=O) groups excluding carboxylic acids is 1. The van der Waals surface area contributed by atoms with Gasteiger partial charge in [-0.1, -0.05) is 42.5 Å². The molecule has 1 aliphatic heterocycles. The van der Waals surface area contributed by atoms with Crippen LogP contribution < -0.4 is 10.6 Å². The van der Waals surface area contributed by atoms with Crippen LogP contribution in [-0.4, -0.2) is 11.9 Å². The van der Waals surface area contributed by atoms with Gasteiger partial charge in [-0.25, -0.2) is 0 Å². The van der Waals surface area contributed by atoms with Crippen LogP contribution in [0.15, 0.2) is 60.7 Å². The number of nitrogens with one attached hydrogen (secondary N) is 2. The molecule has 0 bridgehead atoms. The summed E-state index contributed by atoms with van der Waals surface area (Å²) in [5.41, 5.74) is 4.80. The fourth-order valence-electron chi connectivity index (χ4n) is 4.23. The lowest BCUT2D eigenvalue weighted by Crippen LogP contribution is -2.36. The fourth-order valence-corrected chi connectivity index (χ4v) is 4.23. The molecule has 3 heteroatoms. The summed E-state index contributed by atoms with van der Waals surface area (Å²) in [5.74, 6) is 1.03. The zero-order valence-electron chi connectivity index (χ0n) is 14.5. The maximum Gasteiger partial charge on any atom is 0.221 e. The van der Waals surface area contributed by atoms with Crippen LogP contribution in [-0.2, 0) is 11.2 Å². The monoisotopic (exact) mass is 332 g/mol. The lowest BCUT2D eigenvalue weighted by atomic mass is 9.77. The van der Waals surface area contributed by atoms with Crippen molar-refractivity contribution in [2.45, 2.75) is 38.1 Å². The number of benzene rings is 2. The van der Waals surface area contributed by atoms with E-state index in [2.05, 4.69) is 65.3 Å². The molecule has 1 heterocycles. The smallest absolute Gasteiger partial charge is 0.221 e. The third-order valence-electron chi connectivity index (χ3n) is 5.39. The molecule has 2 aliphatic rings. The van der Waals surface area contributed by atoms with Crippen molar-refractivity contribution in [2.75, 3.05) is 10.6 Å². The number of hydrogen-bond donors (Lipinski definition) is 2. The summed E-state index contributed by atoms with van der Waals surface area (Å²) in [7, 11) is 0. The number of carbonyl (C=O) groups is 1. The first-order chi connectivity index (χ1) is 12.2. The highest BCUT2D eigenvalue weighted by molar-refractivity contribution is 5.89. The minimum atomic E-state index is -0.0250. The van der Waals surface area contributed by atoms with Gasteiger partial charge in [-0.2, -0.15) is 0 Å². The van der Waals surface area contributed by atoms with Gasteiger partial charge in [0.25, 0.3) is 0 Å². The van der Waals surface area contributed by atoms with Crippen molar-refractivity contribution in [3.8, 4) is 0 Å². The Balaban J connectivity index is 1.55. The molecule has 2 N–H and O–H groups in total. The van der Waals surface area contributed by atoms with Crippen LogP contribution in [0.1, 0.15) is 36.8 Å². The molecule has 0 fully saturated rings. The van der Waals surface area contributed by atoms with Crippen LogP contribution in [0.2, 0.25) is 0 Å². The zero-order chi connectivity index (χ0) is 17.2. The molecule has 0 spiro atoms. The Morgan fingerprint density at radius 1 is 1.20 bits per heavy atom. The summed E-state index contributed by atoms with van der Waals surface area (Å²) in [6.45, 7) is 1.55. The molecule has 3 atom stereocenters. The lowest BCUT2D eigenvalue weighted by molar-refractivity contribution is -0.114. The molecule has 4 rings (SSSR count). The summed E-state index contributed by atoms with van der Waals surface area (Å²) in [6, 6.07) is 17.4. The van der Waals surface area contributed by atoms with Gasteiger partial charge in [-0.15, -0.1) is 0 Å². The summed E-state index contributed by atoms with van der Waals surface area (Å²) >= 11 is 0.